The Morgan fingerprint density at radius 1 is 1.47 bits per heavy atom. The lowest BCUT2D eigenvalue weighted by atomic mass is 10.2. The molecule has 0 amide bonds. The molecule has 5 nitrogen and oxygen atoms in total. The fourth-order valence-corrected chi connectivity index (χ4v) is 3.13. The van der Waals surface area contributed by atoms with Gasteiger partial charge in [0.1, 0.15) is 5.82 Å². The molecule has 1 aromatic heterocycles. The highest BCUT2D eigenvalue weighted by molar-refractivity contribution is 7.89. The van der Waals surface area contributed by atoms with Crippen LogP contribution in [0, 0.1) is 0 Å². The van der Waals surface area contributed by atoms with E-state index < -0.39 is 10.0 Å². The maximum atomic E-state index is 11.5. The van der Waals surface area contributed by atoms with Gasteiger partial charge in [0.2, 0.25) is 10.0 Å². The van der Waals surface area contributed by atoms with E-state index in [0.29, 0.717) is 13.0 Å². The molecule has 1 aliphatic rings. The Kier molecular flexibility index (Phi) is 3.83. The minimum atomic E-state index is -3.13. The molecule has 0 saturated carbocycles. The van der Waals surface area contributed by atoms with Gasteiger partial charge in [-0.15, -0.1) is 0 Å². The van der Waals surface area contributed by atoms with Gasteiger partial charge in [-0.1, -0.05) is 6.92 Å². The van der Waals surface area contributed by atoms with E-state index in [-0.39, 0.29) is 5.75 Å². The zero-order valence-electron chi connectivity index (χ0n) is 10.1. The predicted octanol–water partition coefficient (Wildman–Crippen LogP) is 1.05. The average molecular weight is 257 g/mol. The number of nitrogens with one attached hydrogen (secondary N) is 1. The number of hydrogen-bond acceptors (Lipinski definition) is 3. The van der Waals surface area contributed by atoms with Crippen molar-refractivity contribution < 1.29 is 8.42 Å². The number of rotatable bonds is 5. The van der Waals surface area contributed by atoms with Crippen LogP contribution in [0.3, 0.4) is 0 Å². The summed E-state index contributed by atoms with van der Waals surface area (Å²) in [5, 5.41) is 0. The molecule has 0 saturated heterocycles. The minimum Gasteiger partial charge on any atom is -0.335 e. The number of aromatic nitrogens is 2. The summed E-state index contributed by atoms with van der Waals surface area (Å²) < 4.78 is 27.7. The zero-order chi connectivity index (χ0) is 12.3. The maximum Gasteiger partial charge on any atom is 0.211 e. The molecule has 0 aromatic carbocycles. The second kappa shape index (κ2) is 5.18. The number of aryl methyl sites for hydroxylation is 2. The monoisotopic (exact) mass is 257 g/mol. The van der Waals surface area contributed by atoms with Crippen LogP contribution < -0.4 is 4.72 Å². The smallest absolute Gasteiger partial charge is 0.211 e. The second-order valence-corrected chi connectivity index (χ2v) is 6.37. The molecule has 0 bridgehead atoms. The molecular formula is C11H19N3O2S. The van der Waals surface area contributed by atoms with Crippen LogP contribution in [0.15, 0.2) is 6.20 Å². The maximum absolute atomic E-state index is 11.5. The lowest BCUT2D eigenvalue weighted by molar-refractivity contribution is 0.522. The van der Waals surface area contributed by atoms with Crippen molar-refractivity contribution in [2.75, 3.05) is 5.75 Å². The summed E-state index contributed by atoms with van der Waals surface area (Å²) in [7, 11) is -3.13. The highest BCUT2D eigenvalue weighted by Gasteiger charge is 2.14. The number of nitrogens with zero attached hydrogens (tertiary/aromatic N) is 2. The summed E-state index contributed by atoms with van der Waals surface area (Å²) in [5.74, 6) is 1.27. The molecule has 0 spiro atoms. The molecule has 96 valence electrons. The van der Waals surface area contributed by atoms with Gasteiger partial charge < -0.3 is 4.57 Å². The van der Waals surface area contributed by atoms with Crippen molar-refractivity contribution in [1.82, 2.24) is 14.3 Å². The van der Waals surface area contributed by atoms with Gasteiger partial charge in [-0.2, -0.15) is 0 Å². The molecule has 0 fully saturated rings. The fourth-order valence-electron chi connectivity index (χ4n) is 2.08. The van der Waals surface area contributed by atoms with Gasteiger partial charge in [-0.3, -0.25) is 0 Å². The highest BCUT2D eigenvalue weighted by Crippen LogP contribution is 2.14. The first-order chi connectivity index (χ1) is 8.11. The highest BCUT2D eigenvalue weighted by atomic mass is 32.2. The summed E-state index contributed by atoms with van der Waals surface area (Å²) >= 11 is 0. The van der Waals surface area contributed by atoms with E-state index in [1.165, 1.54) is 12.8 Å². The lowest BCUT2D eigenvalue weighted by Gasteiger charge is -2.11. The van der Waals surface area contributed by atoms with E-state index in [1.807, 2.05) is 13.1 Å². The van der Waals surface area contributed by atoms with Crippen molar-refractivity contribution in [3.63, 3.8) is 0 Å². The Labute approximate surface area is 102 Å². The largest absolute Gasteiger partial charge is 0.335 e. The van der Waals surface area contributed by atoms with Crippen LogP contribution in [0.25, 0.3) is 0 Å². The van der Waals surface area contributed by atoms with Gasteiger partial charge in [-0.05, 0) is 19.3 Å². The van der Waals surface area contributed by atoms with Crippen LogP contribution in [-0.4, -0.2) is 23.7 Å². The predicted molar refractivity (Wildman–Crippen MR) is 66.1 cm³/mol. The molecule has 1 N–H and O–H groups in total. The Hall–Kier alpha value is -0.880. The molecule has 0 aliphatic carbocycles. The molecule has 0 atom stereocenters. The van der Waals surface area contributed by atoms with Gasteiger partial charge >= 0.3 is 0 Å². The van der Waals surface area contributed by atoms with Gasteiger partial charge in [-0.25, -0.2) is 18.1 Å². The summed E-state index contributed by atoms with van der Waals surface area (Å²) in [6.45, 7) is 3.17. The van der Waals surface area contributed by atoms with Crippen molar-refractivity contribution in [3.05, 3.63) is 17.7 Å². The number of fused-ring (bicyclic) bond motifs is 1. The van der Waals surface area contributed by atoms with Crippen LogP contribution in [0.1, 0.15) is 37.7 Å². The SMILES string of the molecule is CCCS(=O)(=O)NCc1cn2c(n1)CCCC2. The first-order valence-electron chi connectivity index (χ1n) is 6.13. The first kappa shape index (κ1) is 12.6. The Morgan fingerprint density at radius 3 is 3.00 bits per heavy atom. The number of sulfonamides is 1. The van der Waals surface area contributed by atoms with Gasteiger partial charge in [0.05, 0.1) is 18.0 Å². The normalized spacial score (nSPS) is 15.8. The van der Waals surface area contributed by atoms with E-state index in [0.717, 1.165) is 24.5 Å². The van der Waals surface area contributed by atoms with E-state index in [9.17, 15) is 8.42 Å². The number of imidazole rings is 1. The third-order valence-corrected chi connectivity index (χ3v) is 4.43. The van der Waals surface area contributed by atoms with Crippen LogP contribution >= 0.6 is 0 Å². The fraction of sp³-hybridized carbons (Fsp3) is 0.727. The zero-order valence-corrected chi connectivity index (χ0v) is 11.0. The standard InChI is InChI=1S/C11H19N3O2S/c1-2-7-17(15,16)12-8-10-9-14-6-4-3-5-11(14)13-10/h9,12H,2-8H2,1H3. The van der Waals surface area contributed by atoms with Crippen molar-refractivity contribution >= 4 is 10.0 Å². The Bertz CT molecular complexity index is 455. The van der Waals surface area contributed by atoms with Crippen molar-refractivity contribution in [2.45, 2.75) is 45.7 Å². The molecule has 6 heteroatoms. The van der Waals surface area contributed by atoms with Crippen molar-refractivity contribution in [1.29, 1.82) is 0 Å². The number of hydrogen-bond donors (Lipinski definition) is 1. The molecule has 2 heterocycles. The molecule has 2 rings (SSSR count). The van der Waals surface area contributed by atoms with Gasteiger partial charge in [0.15, 0.2) is 0 Å². The summed E-state index contributed by atoms with van der Waals surface area (Å²) in [5.41, 5.74) is 0.821. The third-order valence-electron chi connectivity index (χ3n) is 2.90. The van der Waals surface area contributed by atoms with Crippen LogP contribution in [0.5, 0.6) is 0 Å². The molecule has 1 aliphatic heterocycles. The van der Waals surface area contributed by atoms with Crippen LogP contribution in [0.2, 0.25) is 0 Å². The van der Waals surface area contributed by atoms with Crippen molar-refractivity contribution in [2.24, 2.45) is 0 Å². The van der Waals surface area contributed by atoms with E-state index in [4.69, 9.17) is 0 Å². The Balaban J connectivity index is 1.98. The molecule has 1 aromatic rings. The second-order valence-electron chi connectivity index (χ2n) is 4.44. The topological polar surface area (TPSA) is 64.0 Å². The van der Waals surface area contributed by atoms with Crippen LogP contribution in [0.4, 0.5) is 0 Å². The minimum absolute atomic E-state index is 0.181. The van der Waals surface area contributed by atoms with Crippen molar-refractivity contribution in [3.8, 4) is 0 Å². The molecule has 17 heavy (non-hydrogen) atoms. The third kappa shape index (κ3) is 3.29. The molecule has 0 unspecified atom stereocenters. The first-order valence-corrected chi connectivity index (χ1v) is 7.78. The molecular weight excluding hydrogens is 238 g/mol. The van der Waals surface area contributed by atoms with E-state index in [1.54, 1.807) is 0 Å². The summed E-state index contributed by atoms with van der Waals surface area (Å²) in [6, 6.07) is 0. The van der Waals surface area contributed by atoms with E-state index >= 15 is 0 Å². The summed E-state index contributed by atoms with van der Waals surface area (Å²) in [4.78, 5) is 4.45. The van der Waals surface area contributed by atoms with Gasteiger partial charge in [0.25, 0.3) is 0 Å². The van der Waals surface area contributed by atoms with Gasteiger partial charge in [0, 0.05) is 19.2 Å². The Morgan fingerprint density at radius 2 is 2.29 bits per heavy atom. The molecule has 0 radical (unpaired) electrons. The quantitative estimate of drug-likeness (QED) is 0.857. The van der Waals surface area contributed by atoms with Crippen LogP contribution in [-0.2, 0) is 29.5 Å². The average Bonchev–Trinajstić information content (AvgIpc) is 2.69. The lowest BCUT2D eigenvalue weighted by Crippen LogP contribution is -2.25. The summed E-state index contributed by atoms with van der Waals surface area (Å²) in [6.07, 6.45) is 5.96. The van der Waals surface area contributed by atoms with E-state index in [2.05, 4.69) is 14.3 Å².